The van der Waals surface area contributed by atoms with Crippen LogP contribution in [0.1, 0.15) is 29.5 Å². The minimum absolute atomic E-state index is 0.00907. The zero-order valence-electron chi connectivity index (χ0n) is 12.9. The summed E-state index contributed by atoms with van der Waals surface area (Å²) in [6.45, 7) is 4.35. The summed E-state index contributed by atoms with van der Waals surface area (Å²) in [7, 11) is 0. The van der Waals surface area contributed by atoms with E-state index in [2.05, 4.69) is 46.9 Å². The monoisotopic (exact) mass is 347 g/mol. The SMILES string of the molecule is Cc1ccc(C2(CNc3snc(Cl)c3C#N)CCOCC2)cc1. The Morgan fingerprint density at radius 1 is 1.35 bits per heavy atom. The van der Waals surface area contributed by atoms with Gasteiger partial charge in [0.05, 0.1) is 0 Å². The minimum atomic E-state index is 0.00907. The first-order valence-electron chi connectivity index (χ1n) is 7.59. The summed E-state index contributed by atoms with van der Waals surface area (Å²) < 4.78 is 9.62. The summed E-state index contributed by atoms with van der Waals surface area (Å²) in [5.41, 5.74) is 3.01. The number of nitriles is 1. The Balaban J connectivity index is 1.85. The van der Waals surface area contributed by atoms with Gasteiger partial charge in [-0.2, -0.15) is 9.64 Å². The molecule has 0 saturated carbocycles. The number of aromatic nitrogens is 1. The van der Waals surface area contributed by atoms with Gasteiger partial charge in [0.15, 0.2) is 5.15 Å². The van der Waals surface area contributed by atoms with E-state index in [0.717, 1.165) is 37.6 Å². The first-order valence-corrected chi connectivity index (χ1v) is 8.74. The fourth-order valence-electron chi connectivity index (χ4n) is 2.97. The zero-order valence-corrected chi connectivity index (χ0v) is 14.5. The van der Waals surface area contributed by atoms with E-state index < -0.39 is 0 Å². The van der Waals surface area contributed by atoms with Crippen molar-refractivity contribution in [2.45, 2.75) is 25.2 Å². The lowest BCUT2D eigenvalue weighted by Gasteiger charge is -2.38. The molecule has 0 unspecified atom stereocenters. The quantitative estimate of drug-likeness (QED) is 0.903. The molecule has 0 amide bonds. The van der Waals surface area contributed by atoms with E-state index in [-0.39, 0.29) is 10.6 Å². The molecule has 1 aromatic carbocycles. The predicted molar refractivity (Wildman–Crippen MR) is 93.2 cm³/mol. The van der Waals surface area contributed by atoms with Crippen LogP contribution >= 0.6 is 23.1 Å². The van der Waals surface area contributed by atoms with E-state index >= 15 is 0 Å². The summed E-state index contributed by atoms with van der Waals surface area (Å²) in [4.78, 5) is 0. The Labute approximate surface area is 145 Å². The van der Waals surface area contributed by atoms with Crippen LogP contribution in [0.2, 0.25) is 5.15 Å². The van der Waals surface area contributed by atoms with Crippen molar-refractivity contribution in [1.29, 1.82) is 5.26 Å². The maximum atomic E-state index is 9.21. The first-order chi connectivity index (χ1) is 11.1. The van der Waals surface area contributed by atoms with Crippen molar-refractivity contribution in [3.8, 4) is 6.07 Å². The van der Waals surface area contributed by atoms with Gasteiger partial charge in [-0.1, -0.05) is 41.4 Å². The van der Waals surface area contributed by atoms with Crippen molar-refractivity contribution in [1.82, 2.24) is 4.37 Å². The highest BCUT2D eigenvalue weighted by atomic mass is 35.5. The molecule has 1 aliphatic rings. The molecule has 0 radical (unpaired) electrons. The van der Waals surface area contributed by atoms with Crippen LogP contribution in [-0.2, 0) is 10.2 Å². The van der Waals surface area contributed by atoms with Crippen LogP contribution in [0.4, 0.5) is 5.00 Å². The standard InChI is InChI=1S/C17H18ClN3OS/c1-12-2-4-13(5-3-12)17(6-8-22-9-7-17)11-20-16-14(10-19)15(18)21-23-16/h2-5,20H,6-9,11H2,1H3. The van der Waals surface area contributed by atoms with Crippen LogP contribution in [0.5, 0.6) is 0 Å². The summed E-state index contributed by atoms with van der Waals surface area (Å²) in [6, 6.07) is 10.8. The van der Waals surface area contributed by atoms with Crippen molar-refractivity contribution in [2.75, 3.05) is 25.1 Å². The molecule has 1 fully saturated rings. The van der Waals surface area contributed by atoms with Crippen molar-refractivity contribution >= 4 is 28.1 Å². The molecule has 3 rings (SSSR count). The molecule has 0 atom stereocenters. The fraction of sp³-hybridized carbons (Fsp3) is 0.412. The van der Waals surface area contributed by atoms with Gasteiger partial charge in [-0.25, -0.2) is 0 Å². The molecule has 0 spiro atoms. The van der Waals surface area contributed by atoms with Crippen molar-refractivity contribution in [3.05, 3.63) is 46.1 Å². The average Bonchev–Trinajstić information content (AvgIpc) is 2.94. The molecule has 0 aliphatic carbocycles. The van der Waals surface area contributed by atoms with Crippen LogP contribution in [-0.4, -0.2) is 24.1 Å². The van der Waals surface area contributed by atoms with Crippen LogP contribution < -0.4 is 5.32 Å². The van der Waals surface area contributed by atoms with Gasteiger partial charge in [-0.05, 0) is 36.9 Å². The Morgan fingerprint density at radius 2 is 2.04 bits per heavy atom. The van der Waals surface area contributed by atoms with Gasteiger partial charge in [0.1, 0.15) is 16.6 Å². The van der Waals surface area contributed by atoms with E-state index in [4.69, 9.17) is 16.3 Å². The lowest BCUT2D eigenvalue weighted by Crippen LogP contribution is -2.40. The Bertz CT molecular complexity index is 714. The first kappa shape index (κ1) is 16.3. The van der Waals surface area contributed by atoms with Crippen molar-refractivity contribution < 1.29 is 4.74 Å². The second-order valence-electron chi connectivity index (χ2n) is 5.90. The molecule has 1 aromatic heterocycles. The highest BCUT2D eigenvalue weighted by Crippen LogP contribution is 2.36. The smallest absolute Gasteiger partial charge is 0.162 e. The number of hydrogen-bond donors (Lipinski definition) is 1. The Hall–Kier alpha value is -1.61. The number of rotatable bonds is 4. The molecule has 6 heteroatoms. The highest BCUT2D eigenvalue weighted by molar-refractivity contribution is 7.10. The van der Waals surface area contributed by atoms with Gasteiger partial charge in [0.25, 0.3) is 0 Å². The molecule has 2 heterocycles. The van der Waals surface area contributed by atoms with Gasteiger partial charge >= 0.3 is 0 Å². The number of aryl methyl sites for hydroxylation is 1. The second kappa shape index (κ2) is 6.88. The maximum Gasteiger partial charge on any atom is 0.162 e. The Kier molecular flexibility index (Phi) is 4.86. The lowest BCUT2D eigenvalue weighted by atomic mass is 9.74. The minimum Gasteiger partial charge on any atom is -0.381 e. The molecule has 120 valence electrons. The molecule has 4 nitrogen and oxygen atoms in total. The van der Waals surface area contributed by atoms with E-state index in [1.54, 1.807) is 0 Å². The highest BCUT2D eigenvalue weighted by Gasteiger charge is 2.34. The molecule has 1 aliphatic heterocycles. The predicted octanol–water partition coefficient (Wildman–Crippen LogP) is 4.14. The number of ether oxygens (including phenoxy) is 1. The number of nitrogens with one attached hydrogen (secondary N) is 1. The van der Waals surface area contributed by atoms with Crippen LogP contribution in [0.15, 0.2) is 24.3 Å². The van der Waals surface area contributed by atoms with Gasteiger partial charge in [-0.15, -0.1) is 0 Å². The average molecular weight is 348 g/mol. The lowest BCUT2D eigenvalue weighted by molar-refractivity contribution is 0.0544. The summed E-state index contributed by atoms with van der Waals surface area (Å²) >= 11 is 7.19. The van der Waals surface area contributed by atoms with Crippen LogP contribution in [0.3, 0.4) is 0 Å². The third-order valence-corrected chi connectivity index (χ3v) is 5.64. The number of nitrogens with zero attached hydrogens (tertiary/aromatic N) is 2. The largest absolute Gasteiger partial charge is 0.381 e. The molecular formula is C17H18ClN3OS. The molecule has 1 saturated heterocycles. The second-order valence-corrected chi connectivity index (χ2v) is 7.03. The topological polar surface area (TPSA) is 57.9 Å². The van der Waals surface area contributed by atoms with Gasteiger partial charge in [-0.3, -0.25) is 0 Å². The van der Waals surface area contributed by atoms with Gasteiger partial charge in [0, 0.05) is 25.2 Å². The van der Waals surface area contributed by atoms with Gasteiger partial charge < -0.3 is 10.1 Å². The number of benzene rings is 1. The normalized spacial score (nSPS) is 16.7. The fourth-order valence-corrected chi connectivity index (χ4v) is 3.90. The molecular weight excluding hydrogens is 330 g/mol. The third-order valence-electron chi connectivity index (χ3n) is 4.46. The molecule has 1 N–H and O–H groups in total. The van der Waals surface area contributed by atoms with Crippen LogP contribution in [0.25, 0.3) is 0 Å². The van der Waals surface area contributed by atoms with Crippen molar-refractivity contribution in [3.63, 3.8) is 0 Å². The number of anilines is 1. The van der Waals surface area contributed by atoms with E-state index in [1.807, 2.05) is 0 Å². The Morgan fingerprint density at radius 3 is 2.70 bits per heavy atom. The summed E-state index contributed by atoms with van der Waals surface area (Å²) in [5, 5.41) is 13.6. The number of halogens is 1. The van der Waals surface area contributed by atoms with E-state index in [9.17, 15) is 5.26 Å². The van der Waals surface area contributed by atoms with E-state index in [1.165, 1.54) is 22.7 Å². The number of hydrogen-bond acceptors (Lipinski definition) is 5. The third kappa shape index (κ3) is 3.35. The summed E-state index contributed by atoms with van der Waals surface area (Å²) in [6.07, 6.45) is 1.91. The van der Waals surface area contributed by atoms with Crippen molar-refractivity contribution in [2.24, 2.45) is 0 Å². The molecule has 23 heavy (non-hydrogen) atoms. The van der Waals surface area contributed by atoms with E-state index in [0.29, 0.717) is 5.56 Å². The van der Waals surface area contributed by atoms with Crippen LogP contribution in [0, 0.1) is 18.3 Å². The molecule has 2 aromatic rings. The maximum absolute atomic E-state index is 9.21. The summed E-state index contributed by atoms with van der Waals surface area (Å²) in [5.74, 6) is 0. The zero-order chi connectivity index (χ0) is 16.3. The molecule has 0 bridgehead atoms. The van der Waals surface area contributed by atoms with Gasteiger partial charge in [0.2, 0.25) is 0 Å².